The van der Waals surface area contributed by atoms with Crippen molar-refractivity contribution in [1.82, 2.24) is 5.32 Å². The van der Waals surface area contributed by atoms with Gasteiger partial charge in [-0.2, -0.15) is 0 Å². The first-order valence-corrected chi connectivity index (χ1v) is 5.14. The Morgan fingerprint density at radius 3 is 3.20 bits per heavy atom. The van der Waals surface area contributed by atoms with Gasteiger partial charge in [0.1, 0.15) is 5.76 Å². The number of nitrogens with one attached hydrogen (secondary N) is 1. The van der Waals surface area contributed by atoms with Crippen LogP contribution in [-0.4, -0.2) is 17.6 Å². The molecule has 0 aromatic carbocycles. The molecule has 1 aromatic heterocycles. The Morgan fingerprint density at radius 2 is 2.60 bits per heavy atom. The van der Waals surface area contributed by atoms with E-state index in [1.165, 1.54) is 0 Å². The number of furan rings is 1. The van der Waals surface area contributed by atoms with Gasteiger partial charge in [-0.15, -0.1) is 0 Å². The van der Waals surface area contributed by atoms with E-state index in [1.54, 1.807) is 6.26 Å². The zero-order valence-electron chi connectivity index (χ0n) is 8.69. The molecule has 0 spiro atoms. The van der Waals surface area contributed by atoms with E-state index in [1.807, 2.05) is 19.1 Å². The summed E-state index contributed by atoms with van der Waals surface area (Å²) in [6.07, 6.45) is 2.69. The quantitative estimate of drug-likeness (QED) is 0.793. The molecule has 0 bridgehead atoms. The number of hydrogen-bond acceptors (Lipinski definition) is 3. The predicted molar refractivity (Wildman–Crippen MR) is 54.4 cm³/mol. The van der Waals surface area contributed by atoms with Crippen molar-refractivity contribution >= 4 is 5.97 Å². The van der Waals surface area contributed by atoms with Gasteiger partial charge in [0.15, 0.2) is 0 Å². The van der Waals surface area contributed by atoms with E-state index in [9.17, 15) is 4.79 Å². The van der Waals surface area contributed by atoms with Crippen LogP contribution < -0.4 is 5.32 Å². The zero-order valence-corrected chi connectivity index (χ0v) is 8.69. The molecule has 15 heavy (non-hydrogen) atoms. The second-order valence-corrected chi connectivity index (χ2v) is 4.19. The third-order valence-electron chi connectivity index (χ3n) is 3.26. The molecule has 2 N–H and O–H groups in total. The molecule has 4 nitrogen and oxygen atoms in total. The lowest BCUT2D eigenvalue weighted by atomic mass is 9.83. The third-order valence-corrected chi connectivity index (χ3v) is 3.26. The van der Waals surface area contributed by atoms with Crippen LogP contribution in [0.2, 0.25) is 0 Å². The Bertz CT molecular complexity index is 347. The van der Waals surface area contributed by atoms with Gasteiger partial charge in [0, 0.05) is 0 Å². The maximum atomic E-state index is 10.8. The molecule has 2 heterocycles. The van der Waals surface area contributed by atoms with E-state index < -0.39 is 5.97 Å². The van der Waals surface area contributed by atoms with Crippen molar-refractivity contribution in [2.24, 2.45) is 5.92 Å². The molecule has 1 saturated heterocycles. The van der Waals surface area contributed by atoms with Crippen LogP contribution in [0.3, 0.4) is 0 Å². The molecule has 82 valence electrons. The molecule has 0 aliphatic carbocycles. The van der Waals surface area contributed by atoms with Crippen molar-refractivity contribution in [3.05, 3.63) is 24.2 Å². The van der Waals surface area contributed by atoms with E-state index in [2.05, 4.69) is 5.32 Å². The van der Waals surface area contributed by atoms with Crippen molar-refractivity contribution in [3.63, 3.8) is 0 Å². The first-order valence-electron chi connectivity index (χ1n) is 5.14. The van der Waals surface area contributed by atoms with Gasteiger partial charge in [0.05, 0.1) is 18.2 Å². The van der Waals surface area contributed by atoms with Gasteiger partial charge in [-0.25, -0.2) is 0 Å². The topological polar surface area (TPSA) is 62.5 Å². The lowest BCUT2D eigenvalue weighted by Crippen LogP contribution is -2.39. The molecular weight excluding hydrogens is 194 g/mol. The van der Waals surface area contributed by atoms with Gasteiger partial charge < -0.3 is 14.8 Å². The second-order valence-electron chi connectivity index (χ2n) is 4.19. The SMILES string of the molecule is CC1(c2ccco2)NCCC1CC(=O)O. The van der Waals surface area contributed by atoms with Gasteiger partial charge in [0.25, 0.3) is 0 Å². The third kappa shape index (κ3) is 1.77. The average Bonchev–Trinajstić information content (AvgIpc) is 2.76. The van der Waals surface area contributed by atoms with Gasteiger partial charge in [-0.05, 0) is 37.9 Å². The normalized spacial score (nSPS) is 30.6. The van der Waals surface area contributed by atoms with Crippen LogP contribution in [0.25, 0.3) is 0 Å². The maximum absolute atomic E-state index is 10.8. The summed E-state index contributed by atoms with van der Waals surface area (Å²) in [6.45, 7) is 2.85. The molecule has 1 aliphatic rings. The summed E-state index contributed by atoms with van der Waals surface area (Å²) in [7, 11) is 0. The van der Waals surface area contributed by atoms with Crippen molar-refractivity contribution < 1.29 is 14.3 Å². The molecule has 0 saturated carbocycles. The maximum Gasteiger partial charge on any atom is 0.303 e. The van der Waals surface area contributed by atoms with E-state index in [-0.39, 0.29) is 17.9 Å². The van der Waals surface area contributed by atoms with Gasteiger partial charge >= 0.3 is 5.97 Å². The molecule has 1 fully saturated rings. The minimum absolute atomic E-state index is 0.0983. The molecule has 1 aromatic rings. The minimum Gasteiger partial charge on any atom is -0.481 e. The number of hydrogen-bond donors (Lipinski definition) is 2. The highest BCUT2D eigenvalue weighted by Crippen LogP contribution is 2.38. The Labute approximate surface area is 88.3 Å². The van der Waals surface area contributed by atoms with E-state index >= 15 is 0 Å². The van der Waals surface area contributed by atoms with Gasteiger partial charge in [-0.3, -0.25) is 4.79 Å². The number of rotatable bonds is 3. The number of carboxylic acids is 1. The van der Waals surface area contributed by atoms with Crippen LogP contribution in [0.5, 0.6) is 0 Å². The molecule has 2 rings (SSSR count). The largest absolute Gasteiger partial charge is 0.481 e. The summed E-state index contributed by atoms with van der Waals surface area (Å²) in [6, 6.07) is 3.73. The Balaban J connectivity index is 2.22. The highest BCUT2D eigenvalue weighted by atomic mass is 16.4. The Kier molecular flexibility index (Phi) is 2.52. The molecular formula is C11H15NO3. The second kappa shape index (κ2) is 3.70. The summed E-state index contributed by atoms with van der Waals surface area (Å²) in [5, 5.41) is 12.2. The van der Waals surface area contributed by atoms with Crippen LogP contribution in [0.4, 0.5) is 0 Å². The highest BCUT2D eigenvalue weighted by Gasteiger charge is 2.42. The first-order chi connectivity index (χ1) is 7.13. The predicted octanol–water partition coefficient (Wildman–Crippen LogP) is 1.58. The fourth-order valence-corrected chi connectivity index (χ4v) is 2.32. The lowest BCUT2D eigenvalue weighted by Gasteiger charge is -2.28. The molecule has 2 atom stereocenters. The zero-order chi connectivity index (χ0) is 10.9. The van der Waals surface area contributed by atoms with Crippen LogP contribution in [0.1, 0.15) is 25.5 Å². The summed E-state index contributed by atoms with van der Waals surface area (Å²) in [5.74, 6) is 0.175. The van der Waals surface area contributed by atoms with Crippen LogP contribution >= 0.6 is 0 Å². The standard InChI is InChI=1S/C11H15NO3/c1-11(9-3-2-6-15-9)8(4-5-12-11)7-10(13)14/h2-3,6,8,12H,4-5,7H2,1H3,(H,13,14). The number of carboxylic acid groups (broad SMARTS) is 1. The van der Waals surface area contributed by atoms with Crippen molar-refractivity contribution in [2.75, 3.05) is 6.54 Å². The Hall–Kier alpha value is -1.29. The van der Waals surface area contributed by atoms with E-state index in [0.717, 1.165) is 18.7 Å². The fraction of sp³-hybridized carbons (Fsp3) is 0.545. The lowest BCUT2D eigenvalue weighted by molar-refractivity contribution is -0.138. The van der Waals surface area contributed by atoms with Crippen LogP contribution in [0, 0.1) is 5.92 Å². The Morgan fingerprint density at radius 1 is 1.80 bits per heavy atom. The average molecular weight is 209 g/mol. The van der Waals surface area contributed by atoms with Crippen LogP contribution in [0.15, 0.2) is 22.8 Å². The summed E-state index contributed by atoms with van der Waals surface area (Å²) in [5.41, 5.74) is -0.331. The summed E-state index contributed by atoms with van der Waals surface area (Å²) < 4.78 is 5.38. The molecule has 1 aliphatic heterocycles. The van der Waals surface area contributed by atoms with Crippen LogP contribution in [-0.2, 0) is 10.3 Å². The van der Waals surface area contributed by atoms with Crippen molar-refractivity contribution in [2.45, 2.75) is 25.3 Å². The highest BCUT2D eigenvalue weighted by molar-refractivity contribution is 5.67. The van der Waals surface area contributed by atoms with Gasteiger partial charge in [0.2, 0.25) is 0 Å². The van der Waals surface area contributed by atoms with E-state index in [4.69, 9.17) is 9.52 Å². The fourth-order valence-electron chi connectivity index (χ4n) is 2.32. The molecule has 4 heteroatoms. The van der Waals surface area contributed by atoms with Crippen molar-refractivity contribution in [1.29, 1.82) is 0 Å². The molecule has 0 radical (unpaired) electrons. The number of aliphatic carboxylic acids is 1. The summed E-state index contributed by atoms with van der Waals surface area (Å²) >= 11 is 0. The minimum atomic E-state index is -0.749. The van der Waals surface area contributed by atoms with Gasteiger partial charge in [-0.1, -0.05) is 0 Å². The first kappa shape index (κ1) is 10.2. The number of carbonyl (C=O) groups is 1. The monoisotopic (exact) mass is 209 g/mol. The smallest absolute Gasteiger partial charge is 0.303 e. The summed E-state index contributed by atoms with van der Waals surface area (Å²) in [4.78, 5) is 10.8. The molecule has 2 unspecified atom stereocenters. The van der Waals surface area contributed by atoms with Crippen molar-refractivity contribution in [3.8, 4) is 0 Å². The van der Waals surface area contributed by atoms with E-state index in [0.29, 0.717) is 0 Å². The molecule has 0 amide bonds.